The second-order valence-corrected chi connectivity index (χ2v) is 5.37. The van der Waals surface area contributed by atoms with Crippen LogP contribution in [0.25, 0.3) is 0 Å². The molecule has 1 aliphatic rings. The molecule has 1 saturated heterocycles. The number of rotatable bonds is 3. The molecular weight excluding hydrogens is 272 g/mol. The summed E-state index contributed by atoms with van der Waals surface area (Å²) in [6, 6.07) is 4.87. The van der Waals surface area contributed by atoms with Gasteiger partial charge in [0.25, 0.3) is 11.6 Å². The molecule has 1 fully saturated rings. The fourth-order valence-electron chi connectivity index (χ4n) is 2.76. The third-order valence-corrected chi connectivity index (χ3v) is 3.89. The maximum atomic E-state index is 11.6. The molecule has 0 aliphatic carbocycles. The number of hydrogen-bond donors (Lipinski definition) is 2. The fraction of sp³-hybridized carbons (Fsp3) is 0.500. The monoisotopic (exact) mass is 292 g/mol. The average Bonchev–Trinajstić information content (AvgIpc) is 2.46. The second-order valence-electron chi connectivity index (χ2n) is 5.37. The van der Waals surface area contributed by atoms with Gasteiger partial charge in [-0.15, -0.1) is 0 Å². The number of anilines is 1. The summed E-state index contributed by atoms with van der Waals surface area (Å²) in [5.74, 6) is -0.335. The lowest BCUT2D eigenvalue weighted by Crippen LogP contribution is -2.45. The van der Waals surface area contributed by atoms with E-state index in [0.29, 0.717) is 12.2 Å². The Kier molecular flexibility index (Phi) is 4.42. The third kappa shape index (κ3) is 3.13. The molecular formula is C14H20N4O3. The van der Waals surface area contributed by atoms with E-state index < -0.39 is 4.92 Å². The minimum atomic E-state index is -0.441. The number of piperidine rings is 1. The van der Waals surface area contributed by atoms with Crippen molar-refractivity contribution in [1.29, 1.82) is 0 Å². The van der Waals surface area contributed by atoms with Gasteiger partial charge in [-0.2, -0.15) is 0 Å². The lowest BCUT2D eigenvalue weighted by atomic mass is 9.97. The van der Waals surface area contributed by atoms with E-state index in [9.17, 15) is 14.9 Å². The van der Waals surface area contributed by atoms with Crippen molar-refractivity contribution in [3.05, 3.63) is 33.9 Å². The minimum Gasteiger partial charge on any atom is -0.363 e. The molecule has 1 amide bonds. The van der Waals surface area contributed by atoms with Crippen LogP contribution in [0, 0.1) is 10.1 Å². The standard InChI is InChI=1S/C14H20N4O3/c1-9-7-11(15)5-6-17(9)12-4-3-10(14(19)16-2)8-13(12)18(20)21/h3-4,8-9,11H,5-7,15H2,1-2H3,(H,16,19). The van der Waals surface area contributed by atoms with Gasteiger partial charge in [-0.3, -0.25) is 14.9 Å². The molecule has 2 rings (SSSR count). The number of carbonyl (C=O) groups is 1. The second kappa shape index (κ2) is 6.09. The van der Waals surface area contributed by atoms with Crippen molar-refractivity contribution in [2.45, 2.75) is 31.8 Å². The first-order chi connectivity index (χ1) is 9.93. The van der Waals surface area contributed by atoms with Gasteiger partial charge in [-0.05, 0) is 31.9 Å². The molecule has 0 spiro atoms. The summed E-state index contributed by atoms with van der Waals surface area (Å²) in [7, 11) is 1.50. The van der Waals surface area contributed by atoms with E-state index in [1.165, 1.54) is 13.1 Å². The molecule has 0 radical (unpaired) electrons. The molecule has 7 heteroatoms. The topological polar surface area (TPSA) is 102 Å². The molecule has 21 heavy (non-hydrogen) atoms. The zero-order chi connectivity index (χ0) is 15.6. The van der Waals surface area contributed by atoms with Crippen molar-refractivity contribution in [1.82, 2.24) is 5.32 Å². The zero-order valence-electron chi connectivity index (χ0n) is 12.2. The highest BCUT2D eigenvalue weighted by Crippen LogP contribution is 2.33. The summed E-state index contributed by atoms with van der Waals surface area (Å²) >= 11 is 0. The highest BCUT2D eigenvalue weighted by molar-refractivity contribution is 5.95. The first-order valence-electron chi connectivity index (χ1n) is 6.96. The van der Waals surface area contributed by atoms with Crippen molar-refractivity contribution in [3.8, 4) is 0 Å². The van der Waals surface area contributed by atoms with Crippen LogP contribution in [0.3, 0.4) is 0 Å². The highest BCUT2D eigenvalue weighted by atomic mass is 16.6. The van der Waals surface area contributed by atoms with Crippen LogP contribution in [0.1, 0.15) is 30.1 Å². The van der Waals surface area contributed by atoms with Crippen LogP contribution in [0.4, 0.5) is 11.4 Å². The Morgan fingerprint density at radius 3 is 2.81 bits per heavy atom. The molecule has 2 atom stereocenters. The molecule has 0 saturated carbocycles. The molecule has 1 aliphatic heterocycles. The summed E-state index contributed by atoms with van der Waals surface area (Å²) in [5.41, 5.74) is 6.72. The van der Waals surface area contributed by atoms with Crippen molar-refractivity contribution in [3.63, 3.8) is 0 Å². The van der Waals surface area contributed by atoms with Crippen LogP contribution in [0.15, 0.2) is 18.2 Å². The van der Waals surface area contributed by atoms with Crippen molar-refractivity contribution >= 4 is 17.3 Å². The fourth-order valence-corrected chi connectivity index (χ4v) is 2.76. The van der Waals surface area contributed by atoms with Crippen LogP contribution < -0.4 is 16.0 Å². The van der Waals surface area contributed by atoms with Crippen LogP contribution in [0.2, 0.25) is 0 Å². The number of hydrogen-bond acceptors (Lipinski definition) is 5. The Morgan fingerprint density at radius 2 is 2.24 bits per heavy atom. The van der Waals surface area contributed by atoms with Gasteiger partial charge in [0.2, 0.25) is 0 Å². The van der Waals surface area contributed by atoms with Crippen LogP contribution >= 0.6 is 0 Å². The molecule has 3 N–H and O–H groups in total. The number of nitrogens with two attached hydrogens (primary N) is 1. The molecule has 0 bridgehead atoms. The Labute approximate surface area is 123 Å². The molecule has 114 valence electrons. The maximum Gasteiger partial charge on any atom is 0.293 e. The smallest absolute Gasteiger partial charge is 0.293 e. The molecule has 2 unspecified atom stereocenters. The Bertz CT molecular complexity index is 561. The number of benzene rings is 1. The highest BCUT2D eigenvalue weighted by Gasteiger charge is 2.29. The molecule has 1 aromatic rings. The van der Waals surface area contributed by atoms with Crippen LogP contribution in [-0.2, 0) is 0 Å². The molecule has 7 nitrogen and oxygen atoms in total. The third-order valence-electron chi connectivity index (χ3n) is 3.89. The van der Waals surface area contributed by atoms with Crippen LogP contribution in [-0.4, -0.2) is 36.5 Å². The van der Waals surface area contributed by atoms with E-state index in [1.807, 2.05) is 11.8 Å². The van der Waals surface area contributed by atoms with E-state index >= 15 is 0 Å². The molecule has 0 aromatic heterocycles. The normalized spacial score (nSPS) is 22.0. The lowest BCUT2D eigenvalue weighted by molar-refractivity contribution is -0.384. The van der Waals surface area contributed by atoms with Gasteiger partial charge in [0.05, 0.1) is 4.92 Å². The van der Waals surface area contributed by atoms with E-state index in [2.05, 4.69) is 5.32 Å². The number of nitrogens with zero attached hydrogens (tertiary/aromatic N) is 2. The van der Waals surface area contributed by atoms with Crippen molar-refractivity contribution in [2.24, 2.45) is 5.73 Å². The van der Waals surface area contributed by atoms with Gasteiger partial charge in [0.1, 0.15) is 5.69 Å². The number of amides is 1. The molecule has 1 heterocycles. The zero-order valence-corrected chi connectivity index (χ0v) is 12.2. The number of nitrogens with one attached hydrogen (secondary N) is 1. The summed E-state index contributed by atoms with van der Waals surface area (Å²) in [4.78, 5) is 24.5. The summed E-state index contributed by atoms with van der Waals surface area (Å²) in [6.07, 6.45) is 1.60. The Balaban J connectivity index is 2.39. The largest absolute Gasteiger partial charge is 0.363 e. The van der Waals surface area contributed by atoms with E-state index in [1.54, 1.807) is 12.1 Å². The quantitative estimate of drug-likeness (QED) is 0.645. The SMILES string of the molecule is CNC(=O)c1ccc(N2CCC(N)CC2C)c([N+](=O)[O-])c1. The average molecular weight is 292 g/mol. The number of carbonyl (C=O) groups excluding carboxylic acids is 1. The van der Waals surface area contributed by atoms with Gasteiger partial charge < -0.3 is 16.0 Å². The summed E-state index contributed by atoms with van der Waals surface area (Å²) in [6.45, 7) is 2.69. The summed E-state index contributed by atoms with van der Waals surface area (Å²) in [5, 5.41) is 13.8. The summed E-state index contributed by atoms with van der Waals surface area (Å²) < 4.78 is 0. The van der Waals surface area contributed by atoms with Gasteiger partial charge >= 0.3 is 0 Å². The molecule has 1 aromatic carbocycles. The van der Waals surface area contributed by atoms with Gasteiger partial charge in [0.15, 0.2) is 0 Å². The van der Waals surface area contributed by atoms with E-state index in [-0.39, 0.29) is 29.2 Å². The first-order valence-corrected chi connectivity index (χ1v) is 6.96. The van der Waals surface area contributed by atoms with Crippen molar-refractivity contribution in [2.75, 3.05) is 18.5 Å². The minimum absolute atomic E-state index is 0.0431. The van der Waals surface area contributed by atoms with E-state index in [4.69, 9.17) is 5.73 Å². The Morgan fingerprint density at radius 1 is 1.52 bits per heavy atom. The van der Waals surface area contributed by atoms with Gasteiger partial charge in [-0.1, -0.05) is 0 Å². The predicted octanol–water partition coefficient (Wildman–Crippen LogP) is 1.27. The van der Waals surface area contributed by atoms with Gasteiger partial charge in [0, 0.05) is 37.3 Å². The number of nitro groups is 1. The maximum absolute atomic E-state index is 11.6. The lowest BCUT2D eigenvalue weighted by Gasteiger charge is -2.37. The van der Waals surface area contributed by atoms with E-state index in [0.717, 1.165) is 12.8 Å². The van der Waals surface area contributed by atoms with Crippen molar-refractivity contribution < 1.29 is 9.72 Å². The first kappa shape index (κ1) is 15.2. The number of nitro benzene ring substituents is 1. The predicted molar refractivity (Wildman–Crippen MR) is 80.5 cm³/mol. The Hall–Kier alpha value is -2.15. The van der Waals surface area contributed by atoms with Gasteiger partial charge in [-0.25, -0.2) is 0 Å². The van der Waals surface area contributed by atoms with Crippen LogP contribution in [0.5, 0.6) is 0 Å².